The summed E-state index contributed by atoms with van der Waals surface area (Å²) in [6.45, 7) is 4.14. The summed E-state index contributed by atoms with van der Waals surface area (Å²) in [4.78, 5) is 6.71. The lowest BCUT2D eigenvalue weighted by atomic mass is 10.0. The molecule has 4 aromatic rings. The van der Waals surface area contributed by atoms with Gasteiger partial charge in [0.05, 0.1) is 44.5 Å². The number of benzene rings is 1. The van der Waals surface area contributed by atoms with E-state index in [1.54, 1.807) is 16.3 Å². The summed E-state index contributed by atoms with van der Waals surface area (Å²) in [6, 6.07) is 7.56. The summed E-state index contributed by atoms with van der Waals surface area (Å²) in [5.74, 6) is 0.681. The molecule has 3 aromatic heterocycles. The third-order valence-corrected chi connectivity index (χ3v) is 6.95. The Balaban J connectivity index is 1.28. The van der Waals surface area contributed by atoms with Crippen molar-refractivity contribution in [1.29, 1.82) is 0 Å². The van der Waals surface area contributed by atoms with Gasteiger partial charge >= 0.3 is 0 Å². The molecule has 0 bridgehead atoms. The second-order valence-corrected chi connectivity index (χ2v) is 9.46. The zero-order valence-electron chi connectivity index (χ0n) is 20.1. The number of rotatable bonds is 7. The molecule has 2 fully saturated rings. The molecule has 0 saturated carbocycles. The molecule has 190 valence electrons. The molecule has 5 heterocycles. The van der Waals surface area contributed by atoms with Crippen LogP contribution in [0, 0.1) is 0 Å². The van der Waals surface area contributed by atoms with Crippen molar-refractivity contribution in [2.24, 2.45) is 0 Å². The topological polar surface area (TPSA) is 94.6 Å². The largest absolute Gasteiger partial charge is 0.479 e. The van der Waals surface area contributed by atoms with Crippen LogP contribution in [0.5, 0.6) is 5.88 Å². The van der Waals surface area contributed by atoms with Crippen LogP contribution in [-0.2, 0) is 11.3 Å². The van der Waals surface area contributed by atoms with Gasteiger partial charge in [0.2, 0.25) is 11.8 Å². The smallest absolute Gasteiger partial charge is 0.244 e. The number of hydrogen-bond donors (Lipinski definition) is 1. The molecular formula is C24H28F2N8O2. The van der Waals surface area contributed by atoms with Crippen molar-refractivity contribution in [1.82, 2.24) is 34.5 Å². The average Bonchev–Trinajstić information content (AvgIpc) is 3.43. The predicted molar refractivity (Wildman–Crippen MR) is 130 cm³/mol. The lowest BCUT2D eigenvalue weighted by Gasteiger charge is -2.42. The first-order valence-corrected chi connectivity index (χ1v) is 12.1. The summed E-state index contributed by atoms with van der Waals surface area (Å²) in [5.41, 5.74) is 3.83. The van der Waals surface area contributed by atoms with Gasteiger partial charge in [-0.25, -0.2) is 18.0 Å². The number of likely N-dealkylation sites (tertiary alicyclic amines) is 1. The molecule has 0 radical (unpaired) electrons. The zero-order valence-corrected chi connectivity index (χ0v) is 20.1. The molecule has 1 N–H and O–H groups in total. The van der Waals surface area contributed by atoms with E-state index in [0.29, 0.717) is 55.1 Å². The maximum absolute atomic E-state index is 15.0. The Labute approximate surface area is 206 Å². The molecule has 36 heavy (non-hydrogen) atoms. The van der Waals surface area contributed by atoms with Crippen LogP contribution in [0.3, 0.4) is 0 Å². The number of methoxy groups -OCH3 is 1. The Hall–Kier alpha value is -3.38. The number of ether oxygens (including phenoxy) is 2. The normalized spacial score (nSPS) is 22.1. The van der Waals surface area contributed by atoms with Crippen LogP contribution in [0.25, 0.3) is 27.7 Å². The Morgan fingerprint density at radius 1 is 1.28 bits per heavy atom. The molecule has 0 spiro atoms. The third kappa shape index (κ3) is 4.13. The van der Waals surface area contributed by atoms with Gasteiger partial charge in [0.1, 0.15) is 23.4 Å². The monoisotopic (exact) mass is 498 g/mol. The molecule has 2 aliphatic rings. The number of anilines is 1. The Morgan fingerprint density at radius 3 is 2.86 bits per heavy atom. The van der Waals surface area contributed by atoms with E-state index >= 15 is 0 Å². The van der Waals surface area contributed by atoms with Gasteiger partial charge in [0, 0.05) is 24.8 Å². The molecule has 10 nitrogen and oxygen atoms in total. The van der Waals surface area contributed by atoms with Crippen molar-refractivity contribution in [3.05, 3.63) is 30.5 Å². The van der Waals surface area contributed by atoms with E-state index in [-0.39, 0.29) is 12.6 Å². The highest BCUT2D eigenvalue weighted by Gasteiger charge is 2.35. The number of hydrogen-bond acceptors (Lipinski definition) is 8. The molecule has 2 aliphatic heterocycles. The SMILES string of the molecule is COc1nc(N[C@@H]2CCN(C3COC3)C[C@H]2F)nn2ccc(-c3ccc4nnn(C[C@@H](C)F)c4c3)c12. The van der Waals surface area contributed by atoms with Gasteiger partial charge in [-0.3, -0.25) is 4.90 Å². The van der Waals surface area contributed by atoms with Gasteiger partial charge in [-0.2, -0.15) is 4.98 Å². The summed E-state index contributed by atoms with van der Waals surface area (Å²) < 4.78 is 42.7. The molecule has 12 heteroatoms. The van der Waals surface area contributed by atoms with Crippen LogP contribution in [0.1, 0.15) is 13.3 Å². The first-order chi connectivity index (χ1) is 17.5. The lowest BCUT2D eigenvalue weighted by molar-refractivity contribution is -0.0794. The fourth-order valence-electron chi connectivity index (χ4n) is 4.96. The molecule has 1 aromatic carbocycles. The van der Waals surface area contributed by atoms with Crippen molar-refractivity contribution in [3.63, 3.8) is 0 Å². The highest BCUT2D eigenvalue weighted by atomic mass is 19.1. The van der Waals surface area contributed by atoms with Gasteiger partial charge in [-0.05, 0) is 37.1 Å². The summed E-state index contributed by atoms with van der Waals surface area (Å²) >= 11 is 0. The number of alkyl halides is 2. The molecule has 6 rings (SSSR count). The number of fused-ring (bicyclic) bond motifs is 2. The van der Waals surface area contributed by atoms with E-state index in [9.17, 15) is 8.78 Å². The quantitative estimate of drug-likeness (QED) is 0.416. The van der Waals surface area contributed by atoms with Crippen LogP contribution in [0.15, 0.2) is 30.5 Å². The van der Waals surface area contributed by atoms with Crippen LogP contribution in [-0.4, -0.2) is 92.3 Å². The first-order valence-electron chi connectivity index (χ1n) is 12.1. The number of halogens is 2. The Bertz CT molecular complexity index is 1390. The van der Waals surface area contributed by atoms with E-state index < -0.39 is 12.3 Å². The Morgan fingerprint density at radius 2 is 2.14 bits per heavy atom. The minimum atomic E-state index is -1.04. The summed E-state index contributed by atoms with van der Waals surface area (Å²) in [7, 11) is 1.55. The fourth-order valence-corrected chi connectivity index (χ4v) is 4.96. The second kappa shape index (κ2) is 9.25. The predicted octanol–water partition coefficient (Wildman–Crippen LogP) is 2.73. The zero-order chi connectivity index (χ0) is 24.8. The molecule has 0 unspecified atom stereocenters. The highest BCUT2D eigenvalue weighted by Crippen LogP contribution is 2.33. The maximum Gasteiger partial charge on any atom is 0.244 e. The van der Waals surface area contributed by atoms with Crippen molar-refractivity contribution in [2.75, 3.05) is 38.7 Å². The van der Waals surface area contributed by atoms with Gasteiger partial charge in [-0.1, -0.05) is 11.3 Å². The maximum atomic E-state index is 15.0. The molecule has 0 aliphatic carbocycles. The lowest BCUT2D eigenvalue weighted by Crippen LogP contribution is -2.57. The highest BCUT2D eigenvalue weighted by molar-refractivity contribution is 5.89. The van der Waals surface area contributed by atoms with Crippen molar-refractivity contribution in [3.8, 4) is 17.0 Å². The number of nitrogens with one attached hydrogen (secondary N) is 1. The van der Waals surface area contributed by atoms with Crippen LogP contribution < -0.4 is 10.1 Å². The minimum Gasteiger partial charge on any atom is -0.479 e. The van der Waals surface area contributed by atoms with Gasteiger partial charge in [0.25, 0.3) is 0 Å². The van der Waals surface area contributed by atoms with E-state index in [1.165, 1.54) is 6.92 Å². The van der Waals surface area contributed by atoms with Crippen LogP contribution in [0.4, 0.5) is 14.7 Å². The van der Waals surface area contributed by atoms with Crippen molar-refractivity contribution >= 4 is 22.5 Å². The summed E-state index contributed by atoms with van der Waals surface area (Å²) in [5, 5.41) is 16.0. The standard InChI is InChI=1S/C24H28F2N8O2/c1-14(25)10-34-21-9-15(3-4-20(21)29-31-34)17-5-8-33-22(17)23(35-2)28-24(30-33)27-19-6-7-32(11-18(19)26)16-12-36-13-16/h3-5,8-9,14,16,18-19H,6-7,10-13H2,1-2H3,(H,27,30)/t14-,18-,19-/m1/s1. The Kier molecular flexibility index (Phi) is 5.92. The molecular weight excluding hydrogens is 470 g/mol. The minimum absolute atomic E-state index is 0.126. The number of aromatic nitrogens is 6. The number of piperidine rings is 1. The molecule has 3 atom stereocenters. The molecule has 0 amide bonds. The molecule has 2 saturated heterocycles. The first kappa shape index (κ1) is 23.0. The van der Waals surface area contributed by atoms with E-state index in [4.69, 9.17) is 9.47 Å². The van der Waals surface area contributed by atoms with Gasteiger partial charge in [-0.15, -0.1) is 10.2 Å². The van der Waals surface area contributed by atoms with Gasteiger partial charge in [0.15, 0.2) is 0 Å². The van der Waals surface area contributed by atoms with E-state index in [1.807, 2.05) is 30.5 Å². The second-order valence-electron chi connectivity index (χ2n) is 9.46. The van der Waals surface area contributed by atoms with Crippen LogP contribution in [0.2, 0.25) is 0 Å². The van der Waals surface area contributed by atoms with Gasteiger partial charge < -0.3 is 14.8 Å². The fraction of sp³-hybridized carbons (Fsp3) is 0.500. The average molecular weight is 499 g/mol. The number of nitrogens with zero attached hydrogens (tertiary/aromatic N) is 7. The van der Waals surface area contributed by atoms with E-state index in [0.717, 1.165) is 23.2 Å². The van der Waals surface area contributed by atoms with E-state index in [2.05, 4.69) is 30.6 Å². The van der Waals surface area contributed by atoms with Crippen molar-refractivity contribution in [2.45, 2.75) is 44.3 Å². The van der Waals surface area contributed by atoms with Crippen molar-refractivity contribution < 1.29 is 18.3 Å². The third-order valence-electron chi connectivity index (χ3n) is 6.95. The van der Waals surface area contributed by atoms with Crippen LogP contribution >= 0.6 is 0 Å². The summed E-state index contributed by atoms with van der Waals surface area (Å²) in [6.07, 6.45) is 0.381.